The molecule has 19 heavy (non-hydrogen) atoms. The standard InChI is InChI=1S/C17H33NO/c1-9-10-12-11-13(16(2,3)4)14(17(5,6)7)18(8)15(12)19/h12-14H,9-11H2,1-8H3. The van der Waals surface area contributed by atoms with Gasteiger partial charge in [0.15, 0.2) is 0 Å². The van der Waals surface area contributed by atoms with Gasteiger partial charge in [-0.2, -0.15) is 0 Å². The highest BCUT2D eigenvalue weighted by Gasteiger charge is 2.48. The van der Waals surface area contributed by atoms with Crippen LogP contribution in [-0.4, -0.2) is 23.9 Å². The minimum absolute atomic E-state index is 0.138. The molecule has 1 amide bonds. The second kappa shape index (κ2) is 5.46. The van der Waals surface area contributed by atoms with Crippen LogP contribution in [0, 0.1) is 22.7 Å². The normalized spacial score (nSPS) is 29.8. The van der Waals surface area contributed by atoms with E-state index in [1.807, 2.05) is 7.05 Å². The van der Waals surface area contributed by atoms with E-state index in [0.717, 1.165) is 19.3 Å². The van der Waals surface area contributed by atoms with Gasteiger partial charge in [-0.3, -0.25) is 4.79 Å². The highest BCUT2D eigenvalue weighted by atomic mass is 16.2. The van der Waals surface area contributed by atoms with E-state index >= 15 is 0 Å². The van der Waals surface area contributed by atoms with E-state index < -0.39 is 0 Å². The summed E-state index contributed by atoms with van der Waals surface area (Å²) in [6.07, 6.45) is 3.19. The predicted molar refractivity (Wildman–Crippen MR) is 82.0 cm³/mol. The summed E-state index contributed by atoms with van der Waals surface area (Å²) >= 11 is 0. The molecule has 0 aromatic heterocycles. The van der Waals surface area contributed by atoms with Crippen LogP contribution in [-0.2, 0) is 4.79 Å². The molecule has 2 heteroatoms. The molecule has 0 radical (unpaired) electrons. The molecule has 3 atom stereocenters. The maximum absolute atomic E-state index is 12.6. The molecular weight excluding hydrogens is 234 g/mol. The van der Waals surface area contributed by atoms with Crippen LogP contribution in [0.1, 0.15) is 67.7 Å². The highest BCUT2D eigenvalue weighted by molar-refractivity contribution is 5.80. The van der Waals surface area contributed by atoms with Gasteiger partial charge in [0, 0.05) is 19.0 Å². The van der Waals surface area contributed by atoms with Crippen LogP contribution in [0.2, 0.25) is 0 Å². The number of rotatable bonds is 2. The molecule has 2 nitrogen and oxygen atoms in total. The molecule has 112 valence electrons. The smallest absolute Gasteiger partial charge is 0.225 e. The summed E-state index contributed by atoms with van der Waals surface area (Å²) in [5, 5.41) is 0. The number of likely N-dealkylation sites (tertiary alicyclic amines) is 1. The Labute approximate surface area is 119 Å². The molecule has 0 aromatic carbocycles. The van der Waals surface area contributed by atoms with E-state index in [0.29, 0.717) is 17.9 Å². The molecule has 0 aliphatic carbocycles. The lowest BCUT2D eigenvalue weighted by atomic mass is 9.62. The number of carbonyl (C=O) groups is 1. The molecule has 0 bridgehead atoms. The van der Waals surface area contributed by atoms with Crippen molar-refractivity contribution < 1.29 is 4.79 Å². The molecule has 0 spiro atoms. The zero-order chi connectivity index (χ0) is 15.0. The summed E-state index contributed by atoms with van der Waals surface area (Å²) in [5.74, 6) is 1.17. The quantitative estimate of drug-likeness (QED) is 0.728. The average Bonchev–Trinajstić information content (AvgIpc) is 2.21. The van der Waals surface area contributed by atoms with Gasteiger partial charge in [0.25, 0.3) is 0 Å². The monoisotopic (exact) mass is 267 g/mol. The van der Waals surface area contributed by atoms with Crippen LogP contribution in [0.4, 0.5) is 0 Å². The molecule has 1 saturated heterocycles. The number of hydrogen-bond donors (Lipinski definition) is 0. The molecule has 1 heterocycles. The number of amides is 1. The average molecular weight is 267 g/mol. The van der Waals surface area contributed by atoms with Crippen molar-refractivity contribution in [1.82, 2.24) is 4.90 Å². The van der Waals surface area contributed by atoms with E-state index in [1.54, 1.807) is 0 Å². The van der Waals surface area contributed by atoms with Gasteiger partial charge in [0.2, 0.25) is 5.91 Å². The van der Waals surface area contributed by atoms with Crippen LogP contribution in [0.5, 0.6) is 0 Å². The van der Waals surface area contributed by atoms with Crippen LogP contribution < -0.4 is 0 Å². The Morgan fingerprint density at radius 3 is 2.00 bits per heavy atom. The molecular formula is C17H33NO. The molecule has 1 fully saturated rings. The Hall–Kier alpha value is -0.530. The lowest BCUT2D eigenvalue weighted by Gasteiger charge is -2.53. The van der Waals surface area contributed by atoms with Gasteiger partial charge in [0.05, 0.1) is 0 Å². The lowest BCUT2D eigenvalue weighted by molar-refractivity contribution is -0.151. The third-order valence-corrected chi connectivity index (χ3v) is 4.67. The van der Waals surface area contributed by atoms with Crippen molar-refractivity contribution >= 4 is 5.91 Å². The third-order valence-electron chi connectivity index (χ3n) is 4.67. The highest BCUT2D eigenvalue weighted by Crippen LogP contribution is 2.46. The van der Waals surface area contributed by atoms with E-state index in [4.69, 9.17) is 0 Å². The van der Waals surface area contributed by atoms with Crippen molar-refractivity contribution in [2.75, 3.05) is 7.05 Å². The van der Waals surface area contributed by atoms with Crippen molar-refractivity contribution in [3.63, 3.8) is 0 Å². The zero-order valence-corrected chi connectivity index (χ0v) is 14.2. The summed E-state index contributed by atoms with van der Waals surface area (Å²) in [5.41, 5.74) is 0.387. The van der Waals surface area contributed by atoms with Gasteiger partial charge in [-0.15, -0.1) is 0 Å². The molecule has 0 aromatic rings. The minimum Gasteiger partial charge on any atom is -0.342 e. The summed E-state index contributed by atoms with van der Waals surface area (Å²) in [6, 6.07) is 0.341. The number of hydrogen-bond acceptors (Lipinski definition) is 1. The van der Waals surface area contributed by atoms with Gasteiger partial charge in [0.1, 0.15) is 0 Å². The number of piperidine rings is 1. The predicted octanol–water partition coefficient (Wildman–Crippen LogP) is 4.34. The topological polar surface area (TPSA) is 20.3 Å². The molecule has 1 aliphatic rings. The maximum Gasteiger partial charge on any atom is 0.225 e. The van der Waals surface area contributed by atoms with Crippen LogP contribution >= 0.6 is 0 Å². The number of carbonyl (C=O) groups excluding carboxylic acids is 1. The van der Waals surface area contributed by atoms with Gasteiger partial charge >= 0.3 is 0 Å². The molecule has 1 rings (SSSR count). The Kier molecular flexibility index (Phi) is 4.75. The van der Waals surface area contributed by atoms with E-state index in [1.165, 1.54) is 0 Å². The SMILES string of the molecule is CCCC1CC(C(C)(C)C)C(C(C)(C)C)N(C)C1=O. The Bertz CT molecular complexity index is 321. The van der Waals surface area contributed by atoms with Crippen LogP contribution in [0.25, 0.3) is 0 Å². The lowest BCUT2D eigenvalue weighted by Crippen LogP contribution is -2.58. The zero-order valence-electron chi connectivity index (χ0n) is 14.2. The van der Waals surface area contributed by atoms with Gasteiger partial charge in [-0.05, 0) is 29.6 Å². The van der Waals surface area contributed by atoms with Crippen molar-refractivity contribution in [3.05, 3.63) is 0 Å². The fraction of sp³-hybridized carbons (Fsp3) is 0.941. The van der Waals surface area contributed by atoms with Crippen molar-refractivity contribution in [2.24, 2.45) is 22.7 Å². The second-order valence-corrected chi connectivity index (χ2v) is 8.45. The van der Waals surface area contributed by atoms with E-state index in [-0.39, 0.29) is 16.7 Å². The molecule has 0 saturated carbocycles. The van der Waals surface area contributed by atoms with Gasteiger partial charge in [-0.1, -0.05) is 54.9 Å². The van der Waals surface area contributed by atoms with E-state index in [2.05, 4.69) is 53.4 Å². The van der Waals surface area contributed by atoms with Crippen LogP contribution in [0.3, 0.4) is 0 Å². The molecule has 3 unspecified atom stereocenters. The fourth-order valence-electron chi connectivity index (χ4n) is 3.83. The summed E-state index contributed by atoms with van der Waals surface area (Å²) < 4.78 is 0. The Morgan fingerprint density at radius 2 is 1.63 bits per heavy atom. The van der Waals surface area contributed by atoms with Gasteiger partial charge < -0.3 is 4.90 Å². The molecule has 0 N–H and O–H groups in total. The first kappa shape index (κ1) is 16.5. The van der Waals surface area contributed by atoms with Crippen LogP contribution in [0.15, 0.2) is 0 Å². The summed E-state index contributed by atoms with van der Waals surface area (Å²) in [4.78, 5) is 14.6. The first-order valence-electron chi connectivity index (χ1n) is 7.76. The Morgan fingerprint density at radius 1 is 1.11 bits per heavy atom. The van der Waals surface area contributed by atoms with Crippen molar-refractivity contribution in [1.29, 1.82) is 0 Å². The maximum atomic E-state index is 12.6. The fourth-order valence-corrected chi connectivity index (χ4v) is 3.83. The van der Waals surface area contributed by atoms with Crippen molar-refractivity contribution in [3.8, 4) is 0 Å². The summed E-state index contributed by atoms with van der Waals surface area (Å²) in [7, 11) is 2.01. The first-order valence-corrected chi connectivity index (χ1v) is 7.76. The largest absolute Gasteiger partial charge is 0.342 e. The third kappa shape index (κ3) is 3.52. The number of nitrogens with zero attached hydrogens (tertiary/aromatic N) is 1. The minimum atomic E-state index is 0.138. The van der Waals surface area contributed by atoms with E-state index in [9.17, 15) is 4.79 Å². The first-order chi connectivity index (χ1) is 8.50. The second-order valence-electron chi connectivity index (χ2n) is 8.45. The Balaban J connectivity index is 3.12. The van der Waals surface area contributed by atoms with Crippen molar-refractivity contribution in [2.45, 2.75) is 73.8 Å². The molecule has 1 aliphatic heterocycles. The van der Waals surface area contributed by atoms with Gasteiger partial charge in [-0.25, -0.2) is 0 Å². The summed E-state index contributed by atoms with van der Waals surface area (Å²) in [6.45, 7) is 15.9.